The van der Waals surface area contributed by atoms with Gasteiger partial charge in [0.15, 0.2) is 5.96 Å². The Kier molecular flexibility index (Phi) is 7.79. The summed E-state index contributed by atoms with van der Waals surface area (Å²) in [6.45, 7) is 3.15. The van der Waals surface area contributed by atoms with Crippen LogP contribution >= 0.6 is 24.0 Å². The second-order valence-corrected chi connectivity index (χ2v) is 4.68. The van der Waals surface area contributed by atoms with Crippen molar-refractivity contribution < 1.29 is 4.39 Å². The van der Waals surface area contributed by atoms with Gasteiger partial charge in [0.25, 0.3) is 0 Å². The normalized spacial score (nSPS) is 10.8. The summed E-state index contributed by atoms with van der Waals surface area (Å²) >= 11 is 0. The molecule has 0 aliphatic carbocycles. The highest BCUT2D eigenvalue weighted by Gasteiger charge is 2.00. The van der Waals surface area contributed by atoms with Crippen molar-refractivity contribution in [1.29, 1.82) is 0 Å². The molecule has 0 atom stereocenters. The summed E-state index contributed by atoms with van der Waals surface area (Å²) in [5, 5.41) is 6.38. The van der Waals surface area contributed by atoms with Crippen LogP contribution in [0.5, 0.6) is 0 Å². The van der Waals surface area contributed by atoms with E-state index in [0.717, 1.165) is 17.0 Å². The number of aliphatic imine (C=N–C) groups is 1. The molecule has 0 aliphatic rings. The summed E-state index contributed by atoms with van der Waals surface area (Å²) in [5.41, 5.74) is 2.94. The van der Waals surface area contributed by atoms with Crippen molar-refractivity contribution in [3.8, 4) is 0 Å². The van der Waals surface area contributed by atoms with Crippen molar-refractivity contribution in [3.63, 3.8) is 0 Å². The Labute approximate surface area is 147 Å². The molecule has 0 fully saturated rings. The summed E-state index contributed by atoms with van der Waals surface area (Å²) in [7, 11) is 1.71. The van der Waals surface area contributed by atoms with Crippen LogP contribution in [0.15, 0.2) is 47.5 Å². The molecule has 0 radical (unpaired) electrons. The van der Waals surface area contributed by atoms with Crippen LogP contribution in [0.25, 0.3) is 0 Å². The molecule has 1 aromatic heterocycles. The molecule has 0 aliphatic heterocycles. The zero-order chi connectivity index (χ0) is 15.1. The zero-order valence-electron chi connectivity index (χ0n) is 12.6. The summed E-state index contributed by atoms with van der Waals surface area (Å²) in [4.78, 5) is 8.57. The number of hydrogen-bond acceptors (Lipinski definition) is 2. The van der Waals surface area contributed by atoms with Crippen molar-refractivity contribution in [3.05, 3.63) is 65.2 Å². The minimum absolute atomic E-state index is 0. The van der Waals surface area contributed by atoms with Gasteiger partial charge in [0.1, 0.15) is 5.82 Å². The maximum absolute atomic E-state index is 12.8. The molecule has 0 bridgehead atoms. The summed E-state index contributed by atoms with van der Waals surface area (Å²) in [5.74, 6) is 0.453. The van der Waals surface area contributed by atoms with E-state index in [1.54, 1.807) is 19.2 Å². The summed E-state index contributed by atoms with van der Waals surface area (Å²) < 4.78 is 12.8. The third kappa shape index (κ3) is 5.97. The van der Waals surface area contributed by atoms with Gasteiger partial charge in [-0.15, -0.1) is 24.0 Å². The van der Waals surface area contributed by atoms with Crippen molar-refractivity contribution in [1.82, 2.24) is 15.6 Å². The number of aryl methyl sites for hydroxylation is 1. The number of guanidine groups is 1. The Hall–Kier alpha value is -1.70. The topological polar surface area (TPSA) is 49.3 Å². The Morgan fingerprint density at radius 1 is 1.09 bits per heavy atom. The number of pyridine rings is 1. The SMILES string of the molecule is CN=C(NCc1ccc(F)cc1)NCc1cccc(C)n1.I. The van der Waals surface area contributed by atoms with Gasteiger partial charge >= 0.3 is 0 Å². The van der Waals surface area contributed by atoms with Crippen LogP contribution in [0.3, 0.4) is 0 Å². The number of nitrogens with one attached hydrogen (secondary N) is 2. The quantitative estimate of drug-likeness (QED) is 0.460. The lowest BCUT2D eigenvalue weighted by Gasteiger charge is -2.12. The van der Waals surface area contributed by atoms with Crippen LogP contribution < -0.4 is 10.6 Å². The maximum atomic E-state index is 12.8. The molecule has 1 aromatic carbocycles. The van der Waals surface area contributed by atoms with Gasteiger partial charge in [-0.05, 0) is 36.8 Å². The highest BCUT2D eigenvalue weighted by Crippen LogP contribution is 2.02. The predicted molar refractivity (Wildman–Crippen MR) is 97.8 cm³/mol. The van der Waals surface area contributed by atoms with E-state index < -0.39 is 0 Å². The molecule has 2 N–H and O–H groups in total. The molecule has 0 saturated carbocycles. The fourth-order valence-corrected chi connectivity index (χ4v) is 1.88. The van der Waals surface area contributed by atoms with Crippen molar-refractivity contribution >= 4 is 29.9 Å². The molecule has 4 nitrogen and oxygen atoms in total. The number of rotatable bonds is 4. The Balaban J connectivity index is 0.00000242. The van der Waals surface area contributed by atoms with E-state index in [-0.39, 0.29) is 29.8 Å². The lowest BCUT2D eigenvalue weighted by atomic mass is 10.2. The third-order valence-corrected chi connectivity index (χ3v) is 2.98. The summed E-state index contributed by atoms with van der Waals surface area (Å²) in [6.07, 6.45) is 0. The lowest BCUT2D eigenvalue weighted by Crippen LogP contribution is -2.36. The molecule has 0 spiro atoms. The first-order valence-corrected chi connectivity index (χ1v) is 6.79. The van der Waals surface area contributed by atoms with E-state index in [4.69, 9.17) is 0 Å². The minimum Gasteiger partial charge on any atom is -0.352 e. The molecule has 6 heteroatoms. The average molecular weight is 414 g/mol. The van der Waals surface area contributed by atoms with Gasteiger partial charge in [0.05, 0.1) is 12.2 Å². The molecule has 0 unspecified atom stereocenters. The molecule has 2 rings (SSSR count). The largest absolute Gasteiger partial charge is 0.352 e. The van der Waals surface area contributed by atoms with Crippen LogP contribution in [0.1, 0.15) is 17.0 Å². The van der Waals surface area contributed by atoms with Crippen LogP contribution in [-0.4, -0.2) is 18.0 Å². The number of nitrogens with zero attached hydrogens (tertiary/aromatic N) is 2. The molecular weight excluding hydrogens is 394 g/mol. The van der Waals surface area contributed by atoms with Gasteiger partial charge in [-0.25, -0.2) is 4.39 Å². The lowest BCUT2D eigenvalue weighted by molar-refractivity contribution is 0.626. The average Bonchev–Trinajstić information content (AvgIpc) is 2.49. The van der Waals surface area contributed by atoms with E-state index in [9.17, 15) is 4.39 Å². The molecule has 1 heterocycles. The standard InChI is InChI=1S/C16H19FN4.HI/c1-12-4-3-5-15(21-12)11-20-16(18-2)19-10-13-6-8-14(17)9-7-13;/h3-9H,10-11H2,1-2H3,(H2,18,19,20);1H. The van der Waals surface area contributed by atoms with Gasteiger partial charge in [-0.1, -0.05) is 18.2 Å². The van der Waals surface area contributed by atoms with Gasteiger partial charge in [-0.3, -0.25) is 9.98 Å². The number of halogens is 2. The highest BCUT2D eigenvalue weighted by molar-refractivity contribution is 14.0. The monoisotopic (exact) mass is 414 g/mol. The second kappa shape index (κ2) is 9.34. The number of aromatic nitrogens is 1. The van der Waals surface area contributed by atoms with E-state index in [1.165, 1.54) is 12.1 Å². The van der Waals surface area contributed by atoms with Gasteiger partial charge < -0.3 is 10.6 Å². The Bertz CT molecular complexity index is 614. The first-order valence-electron chi connectivity index (χ1n) is 6.79. The van der Waals surface area contributed by atoms with E-state index in [2.05, 4.69) is 20.6 Å². The Morgan fingerprint density at radius 3 is 2.41 bits per heavy atom. The zero-order valence-corrected chi connectivity index (χ0v) is 15.0. The van der Waals surface area contributed by atoms with Crippen molar-refractivity contribution in [2.75, 3.05) is 7.05 Å². The third-order valence-electron chi connectivity index (χ3n) is 2.98. The van der Waals surface area contributed by atoms with Crippen LogP contribution in [0, 0.1) is 12.7 Å². The predicted octanol–water partition coefficient (Wildman–Crippen LogP) is 3.01. The Morgan fingerprint density at radius 2 is 1.77 bits per heavy atom. The molecule has 2 aromatic rings. The van der Waals surface area contributed by atoms with E-state index in [1.807, 2.05) is 25.1 Å². The maximum Gasteiger partial charge on any atom is 0.191 e. The van der Waals surface area contributed by atoms with Gasteiger partial charge in [0.2, 0.25) is 0 Å². The van der Waals surface area contributed by atoms with Gasteiger partial charge in [0, 0.05) is 19.3 Å². The van der Waals surface area contributed by atoms with Crippen molar-refractivity contribution in [2.24, 2.45) is 4.99 Å². The fourth-order valence-electron chi connectivity index (χ4n) is 1.88. The van der Waals surface area contributed by atoms with E-state index in [0.29, 0.717) is 19.0 Å². The molecule has 0 amide bonds. The van der Waals surface area contributed by atoms with Crippen molar-refractivity contribution in [2.45, 2.75) is 20.0 Å². The number of benzene rings is 1. The van der Waals surface area contributed by atoms with Gasteiger partial charge in [-0.2, -0.15) is 0 Å². The minimum atomic E-state index is -0.230. The number of hydrogen-bond donors (Lipinski definition) is 2. The molecule has 118 valence electrons. The first-order chi connectivity index (χ1) is 10.2. The summed E-state index contributed by atoms with van der Waals surface area (Å²) in [6, 6.07) is 12.3. The fraction of sp³-hybridized carbons (Fsp3) is 0.250. The molecular formula is C16H20FIN4. The second-order valence-electron chi connectivity index (χ2n) is 4.68. The van der Waals surface area contributed by atoms with Crippen LogP contribution in [0.4, 0.5) is 4.39 Å². The smallest absolute Gasteiger partial charge is 0.191 e. The van der Waals surface area contributed by atoms with Crippen LogP contribution in [0.2, 0.25) is 0 Å². The highest BCUT2D eigenvalue weighted by atomic mass is 127. The van der Waals surface area contributed by atoms with Crippen LogP contribution in [-0.2, 0) is 13.1 Å². The molecule has 0 saturated heterocycles. The first kappa shape index (κ1) is 18.3. The molecule has 22 heavy (non-hydrogen) atoms. The van der Waals surface area contributed by atoms with E-state index >= 15 is 0 Å².